The lowest BCUT2D eigenvalue weighted by atomic mass is 9.96. The van der Waals surface area contributed by atoms with E-state index >= 15 is 0 Å². The van der Waals surface area contributed by atoms with Crippen LogP contribution in [0, 0.1) is 12.8 Å². The van der Waals surface area contributed by atoms with E-state index in [9.17, 15) is 18.0 Å². The van der Waals surface area contributed by atoms with Gasteiger partial charge >= 0.3 is 0 Å². The van der Waals surface area contributed by atoms with Crippen LogP contribution < -0.4 is 0 Å². The average molecular weight is 394 g/mol. The van der Waals surface area contributed by atoms with Crippen LogP contribution in [0.3, 0.4) is 0 Å². The van der Waals surface area contributed by atoms with Crippen LogP contribution in [0.1, 0.15) is 28.8 Å². The Morgan fingerprint density at radius 3 is 2.11 bits per heavy atom. The Labute approximate surface area is 161 Å². The maximum Gasteiger partial charge on any atom is 0.253 e. The quantitative estimate of drug-likeness (QED) is 0.766. The Hall–Kier alpha value is -1.93. The van der Waals surface area contributed by atoms with Crippen LogP contribution in [0.4, 0.5) is 0 Å². The average Bonchev–Trinajstić information content (AvgIpc) is 2.66. The molecule has 0 atom stereocenters. The predicted molar refractivity (Wildman–Crippen MR) is 103 cm³/mol. The zero-order chi connectivity index (χ0) is 19.6. The molecule has 3 rings (SSSR count). The van der Waals surface area contributed by atoms with Crippen molar-refractivity contribution in [1.29, 1.82) is 0 Å². The van der Waals surface area contributed by atoms with Gasteiger partial charge in [-0.3, -0.25) is 9.59 Å². The van der Waals surface area contributed by atoms with Crippen LogP contribution >= 0.6 is 0 Å². The summed E-state index contributed by atoms with van der Waals surface area (Å²) >= 11 is 0. The number of carbonyl (C=O) groups is 2. The fourth-order valence-corrected chi connectivity index (χ4v) is 4.66. The first-order chi connectivity index (χ1) is 12.8. The first kappa shape index (κ1) is 19.8. The van der Waals surface area contributed by atoms with Gasteiger partial charge in [0.05, 0.1) is 6.26 Å². The molecule has 2 amide bonds. The van der Waals surface area contributed by atoms with Gasteiger partial charge in [0.2, 0.25) is 15.9 Å². The SMILES string of the molecule is Cc1cccc(C(=O)N2CCN(C(=O)C3CCN(S(C)(=O)=O)CC3)CC2)c1. The summed E-state index contributed by atoms with van der Waals surface area (Å²) in [5.74, 6) is -0.0277. The molecule has 0 spiro atoms. The summed E-state index contributed by atoms with van der Waals surface area (Å²) < 4.78 is 24.6. The van der Waals surface area contributed by atoms with Gasteiger partial charge in [0.25, 0.3) is 5.91 Å². The van der Waals surface area contributed by atoms with Crippen molar-refractivity contribution in [2.75, 3.05) is 45.5 Å². The van der Waals surface area contributed by atoms with E-state index in [2.05, 4.69) is 0 Å². The van der Waals surface area contributed by atoms with E-state index in [-0.39, 0.29) is 17.7 Å². The topological polar surface area (TPSA) is 78.0 Å². The normalized spacial score (nSPS) is 19.9. The maximum atomic E-state index is 12.8. The number of piperidine rings is 1. The van der Waals surface area contributed by atoms with Crippen LogP contribution in [0.2, 0.25) is 0 Å². The highest BCUT2D eigenvalue weighted by molar-refractivity contribution is 7.88. The highest BCUT2D eigenvalue weighted by Crippen LogP contribution is 2.22. The van der Waals surface area contributed by atoms with Crippen molar-refractivity contribution >= 4 is 21.8 Å². The molecule has 0 radical (unpaired) electrons. The standard InChI is InChI=1S/C19H27N3O4S/c1-15-4-3-5-17(14-15)19(24)21-12-10-20(11-13-21)18(23)16-6-8-22(9-7-16)27(2,25)26/h3-5,14,16H,6-13H2,1-2H3. The van der Waals surface area contributed by atoms with Crippen molar-refractivity contribution in [2.45, 2.75) is 19.8 Å². The fourth-order valence-electron chi connectivity index (χ4n) is 3.78. The Morgan fingerprint density at radius 2 is 1.56 bits per heavy atom. The number of sulfonamides is 1. The predicted octanol–water partition coefficient (Wildman–Crippen LogP) is 0.951. The number of piperazine rings is 1. The smallest absolute Gasteiger partial charge is 0.253 e. The molecule has 0 bridgehead atoms. The second-order valence-electron chi connectivity index (χ2n) is 7.42. The van der Waals surface area contributed by atoms with E-state index < -0.39 is 10.0 Å². The third-order valence-electron chi connectivity index (χ3n) is 5.42. The Balaban J connectivity index is 1.52. The molecule has 2 aliphatic rings. The Bertz CT molecular complexity index is 808. The first-order valence-electron chi connectivity index (χ1n) is 9.35. The lowest BCUT2D eigenvalue weighted by Crippen LogP contribution is -2.53. The Morgan fingerprint density at radius 1 is 0.963 bits per heavy atom. The summed E-state index contributed by atoms with van der Waals surface area (Å²) in [5, 5.41) is 0. The maximum absolute atomic E-state index is 12.8. The number of aryl methyl sites for hydroxylation is 1. The molecule has 2 fully saturated rings. The Kier molecular flexibility index (Phi) is 5.86. The number of rotatable bonds is 3. The van der Waals surface area contributed by atoms with Crippen molar-refractivity contribution in [3.8, 4) is 0 Å². The van der Waals surface area contributed by atoms with E-state index in [0.717, 1.165) is 5.56 Å². The minimum Gasteiger partial charge on any atom is -0.339 e. The number of amides is 2. The molecule has 2 aliphatic heterocycles. The molecule has 0 N–H and O–H groups in total. The minimum atomic E-state index is -3.18. The summed E-state index contributed by atoms with van der Waals surface area (Å²) in [6, 6.07) is 7.55. The second-order valence-corrected chi connectivity index (χ2v) is 9.41. The number of carbonyl (C=O) groups excluding carboxylic acids is 2. The van der Waals surface area contributed by atoms with Crippen molar-refractivity contribution in [2.24, 2.45) is 5.92 Å². The van der Waals surface area contributed by atoms with Gasteiger partial charge < -0.3 is 9.80 Å². The summed E-state index contributed by atoms with van der Waals surface area (Å²) in [6.07, 6.45) is 2.34. The number of hydrogen-bond donors (Lipinski definition) is 0. The zero-order valence-electron chi connectivity index (χ0n) is 15.9. The van der Waals surface area contributed by atoms with Gasteiger partial charge in [0.15, 0.2) is 0 Å². The van der Waals surface area contributed by atoms with Crippen molar-refractivity contribution < 1.29 is 18.0 Å². The molecule has 2 heterocycles. The molecule has 7 nitrogen and oxygen atoms in total. The van der Waals surface area contributed by atoms with Crippen LogP contribution in [0.15, 0.2) is 24.3 Å². The lowest BCUT2D eigenvalue weighted by molar-refractivity contribution is -0.138. The van der Waals surface area contributed by atoms with Crippen molar-refractivity contribution in [1.82, 2.24) is 14.1 Å². The molecule has 1 aromatic rings. The van der Waals surface area contributed by atoms with E-state index in [4.69, 9.17) is 0 Å². The number of nitrogens with zero attached hydrogens (tertiary/aromatic N) is 3. The van der Waals surface area contributed by atoms with Gasteiger partial charge in [-0.2, -0.15) is 0 Å². The van der Waals surface area contributed by atoms with Gasteiger partial charge in [-0.25, -0.2) is 12.7 Å². The third kappa shape index (κ3) is 4.68. The van der Waals surface area contributed by atoms with Crippen molar-refractivity contribution in [3.05, 3.63) is 35.4 Å². The number of hydrogen-bond acceptors (Lipinski definition) is 4. The molecular formula is C19H27N3O4S. The third-order valence-corrected chi connectivity index (χ3v) is 6.72. The summed E-state index contributed by atoms with van der Waals surface area (Å²) in [6.45, 7) is 4.89. The van der Waals surface area contributed by atoms with Crippen molar-refractivity contribution in [3.63, 3.8) is 0 Å². The van der Waals surface area contributed by atoms with Gasteiger partial charge in [-0.05, 0) is 31.9 Å². The molecule has 8 heteroatoms. The van der Waals surface area contributed by atoms with Crippen LogP contribution in [0.5, 0.6) is 0 Å². The zero-order valence-corrected chi connectivity index (χ0v) is 16.7. The largest absolute Gasteiger partial charge is 0.339 e. The summed E-state index contributed by atoms with van der Waals surface area (Å²) in [5.41, 5.74) is 1.73. The van der Waals surface area contributed by atoms with Gasteiger partial charge in [0.1, 0.15) is 0 Å². The molecule has 0 unspecified atom stereocenters. The first-order valence-corrected chi connectivity index (χ1v) is 11.2. The minimum absolute atomic E-state index is 0.00672. The molecule has 0 aromatic heterocycles. The van der Waals surface area contributed by atoms with Gasteiger partial charge in [0, 0.05) is 50.7 Å². The lowest BCUT2D eigenvalue weighted by Gasteiger charge is -2.38. The van der Waals surface area contributed by atoms with E-state index in [1.165, 1.54) is 10.6 Å². The molecule has 0 saturated carbocycles. The molecule has 0 aliphatic carbocycles. The van der Waals surface area contributed by atoms with E-state index in [0.29, 0.717) is 57.7 Å². The summed E-state index contributed by atoms with van der Waals surface area (Å²) in [7, 11) is -3.18. The van der Waals surface area contributed by atoms with E-state index in [1.54, 1.807) is 4.90 Å². The number of benzene rings is 1. The molecule has 27 heavy (non-hydrogen) atoms. The molecule has 2 saturated heterocycles. The fraction of sp³-hybridized carbons (Fsp3) is 0.579. The summed E-state index contributed by atoms with van der Waals surface area (Å²) in [4.78, 5) is 29.0. The molecule has 148 valence electrons. The van der Waals surface area contributed by atoms with Crippen LogP contribution in [-0.2, 0) is 14.8 Å². The highest BCUT2D eigenvalue weighted by Gasteiger charge is 2.33. The highest BCUT2D eigenvalue weighted by atomic mass is 32.2. The molecular weight excluding hydrogens is 366 g/mol. The molecule has 1 aromatic carbocycles. The van der Waals surface area contributed by atoms with Gasteiger partial charge in [-0.1, -0.05) is 17.7 Å². The van der Waals surface area contributed by atoms with Gasteiger partial charge in [-0.15, -0.1) is 0 Å². The van der Waals surface area contributed by atoms with Crippen LogP contribution in [0.25, 0.3) is 0 Å². The van der Waals surface area contributed by atoms with E-state index in [1.807, 2.05) is 36.1 Å². The van der Waals surface area contributed by atoms with Crippen LogP contribution in [-0.4, -0.2) is 79.9 Å². The monoisotopic (exact) mass is 393 g/mol. The second kappa shape index (κ2) is 7.98.